The summed E-state index contributed by atoms with van der Waals surface area (Å²) < 4.78 is 0. The van der Waals surface area contributed by atoms with Gasteiger partial charge in [0.15, 0.2) is 0 Å². The van der Waals surface area contributed by atoms with Crippen LogP contribution in [0.3, 0.4) is 0 Å². The Morgan fingerprint density at radius 3 is 2.39 bits per heavy atom. The van der Waals surface area contributed by atoms with Gasteiger partial charge in [-0.1, -0.05) is 6.92 Å². The summed E-state index contributed by atoms with van der Waals surface area (Å²) in [5.74, 6) is 1.53. The Labute approximate surface area is 111 Å². The molecule has 1 atom stereocenters. The van der Waals surface area contributed by atoms with E-state index in [9.17, 15) is 5.26 Å². The number of nitriles is 1. The van der Waals surface area contributed by atoms with Crippen molar-refractivity contribution >= 4 is 0 Å². The first-order chi connectivity index (χ1) is 8.77. The van der Waals surface area contributed by atoms with Crippen molar-refractivity contribution in [3.63, 3.8) is 0 Å². The molecule has 3 aliphatic carbocycles. The van der Waals surface area contributed by atoms with Crippen molar-refractivity contribution in [1.82, 2.24) is 10.2 Å². The lowest BCUT2D eigenvalue weighted by atomic mass is 9.93. The van der Waals surface area contributed by atoms with Gasteiger partial charge in [-0.15, -0.1) is 0 Å². The zero-order valence-corrected chi connectivity index (χ0v) is 11.5. The molecule has 0 bridgehead atoms. The van der Waals surface area contributed by atoms with Crippen LogP contribution in [0.15, 0.2) is 0 Å². The van der Waals surface area contributed by atoms with Gasteiger partial charge < -0.3 is 0 Å². The van der Waals surface area contributed by atoms with E-state index in [1.54, 1.807) is 0 Å². The molecule has 0 saturated heterocycles. The standard InChI is InChI=1S/C15H25N3/c1-2-17-15(10-16,13-5-6-13)11-18(14-7-8-14)9-12-3-4-12/h12-14,17H,2-9,11H2,1H3. The minimum absolute atomic E-state index is 0.258. The van der Waals surface area contributed by atoms with Gasteiger partial charge in [-0.05, 0) is 56.9 Å². The minimum Gasteiger partial charge on any atom is -0.298 e. The lowest BCUT2D eigenvalue weighted by molar-refractivity contribution is 0.182. The number of nitrogens with one attached hydrogen (secondary N) is 1. The van der Waals surface area contributed by atoms with Crippen LogP contribution in [0, 0.1) is 23.2 Å². The summed E-state index contributed by atoms with van der Waals surface area (Å²) in [5.41, 5.74) is -0.258. The van der Waals surface area contributed by atoms with Gasteiger partial charge in [0.2, 0.25) is 0 Å². The van der Waals surface area contributed by atoms with Crippen LogP contribution in [0.1, 0.15) is 45.4 Å². The molecular formula is C15H25N3. The maximum Gasteiger partial charge on any atom is 0.122 e. The van der Waals surface area contributed by atoms with Crippen LogP contribution in [0.4, 0.5) is 0 Å². The van der Waals surface area contributed by atoms with Crippen LogP contribution in [-0.4, -0.2) is 36.1 Å². The molecule has 0 amide bonds. The first kappa shape index (κ1) is 12.4. The van der Waals surface area contributed by atoms with E-state index in [1.807, 2.05) is 0 Å². The average Bonchev–Trinajstić information content (AvgIpc) is 3.21. The SMILES string of the molecule is CCNC(C#N)(CN(CC1CC1)C1CC1)C1CC1. The highest BCUT2D eigenvalue weighted by atomic mass is 15.2. The van der Waals surface area contributed by atoms with Gasteiger partial charge in [0.05, 0.1) is 6.07 Å². The van der Waals surface area contributed by atoms with Crippen LogP contribution in [0.5, 0.6) is 0 Å². The van der Waals surface area contributed by atoms with E-state index >= 15 is 0 Å². The van der Waals surface area contributed by atoms with Crippen molar-refractivity contribution in [2.24, 2.45) is 11.8 Å². The molecule has 3 nitrogen and oxygen atoms in total. The predicted molar refractivity (Wildman–Crippen MR) is 72.1 cm³/mol. The molecule has 0 aromatic carbocycles. The second-order valence-electron chi connectivity index (χ2n) is 6.49. The Hall–Kier alpha value is -0.590. The van der Waals surface area contributed by atoms with E-state index < -0.39 is 0 Å². The fourth-order valence-electron chi connectivity index (χ4n) is 3.12. The lowest BCUT2D eigenvalue weighted by Crippen LogP contribution is -2.55. The number of hydrogen-bond donors (Lipinski definition) is 1. The van der Waals surface area contributed by atoms with Gasteiger partial charge in [-0.2, -0.15) is 5.26 Å². The third-order valence-corrected chi connectivity index (χ3v) is 4.67. The molecule has 0 aromatic rings. The van der Waals surface area contributed by atoms with Crippen LogP contribution < -0.4 is 5.32 Å². The molecule has 0 aliphatic heterocycles. The number of hydrogen-bond acceptors (Lipinski definition) is 3. The highest BCUT2D eigenvalue weighted by Crippen LogP contribution is 2.42. The normalized spacial score (nSPS) is 26.9. The lowest BCUT2D eigenvalue weighted by Gasteiger charge is -2.34. The van der Waals surface area contributed by atoms with E-state index in [0.717, 1.165) is 25.0 Å². The first-order valence-corrected chi connectivity index (χ1v) is 7.67. The van der Waals surface area contributed by atoms with Crippen molar-refractivity contribution in [1.29, 1.82) is 5.26 Å². The second kappa shape index (κ2) is 4.83. The highest BCUT2D eigenvalue weighted by Gasteiger charge is 2.48. The van der Waals surface area contributed by atoms with Gasteiger partial charge in [-0.3, -0.25) is 10.2 Å². The molecule has 1 unspecified atom stereocenters. The van der Waals surface area contributed by atoms with Crippen LogP contribution >= 0.6 is 0 Å². The fraction of sp³-hybridized carbons (Fsp3) is 0.933. The van der Waals surface area contributed by atoms with E-state index in [2.05, 4.69) is 23.2 Å². The molecule has 3 fully saturated rings. The van der Waals surface area contributed by atoms with Gasteiger partial charge in [0, 0.05) is 19.1 Å². The molecule has 0 radical (unpaired) electrons. The molecule has 0 heterocycles. The van der Waals surface area contributed by atoms with Crippen molar-refractivity contribution in [3.8, 4) is 6.07 Å². The predicted octanol–water partition coefficient (Wildman–Crippen LogP) is 2.14. The zero-order valence-electron chi connectivity index (χ0n) is 11.5. The molecule has 0 spiro atoms. The molecule has 3 saturated carbocycles. The van der Waals surface area contributed by atoms with Gasteiger partial charge in [0.25, 0.3) is 0 Å². The highest BCUT2D eigenvalue weighted by molar-refractivity contribution is 5.17. The molecule has 18 heavy (non-hydrogen) atoms. The molecular weight excluding hydrogens is 222 g/mol. The summed E-state index contributed by atoms with van der Waals surface area (Å²) in [6.07, 6.45) is 8.00. The Bertz CT molecular complexity index is 336. The summed E-state index contributed by atoms with van der Waals surface area (Å²) >= 11 is 0. The van der Waals surface area contributed by atoms with Crippen LogP contribution in [-0.2, 0) is 0 Å². The average molecular weight is 247 g/mol. The molecule has 3 aliphatic rings. The maximum absolute atomic E-state index is 9.68. The zero-order chi connectivity index (χ0) is 12.6. The number of rotatable bonds is 8. The fourth-order valence-corrected chi connectivity index (χ4v) is 3.12. The largest absolute Gasteiger partial charge is 0.298 e. The van der Waals surface area contributed by atoms with Gasteiger partial charge in [-0.25, -0.2) is 0 Å². The summed E-state index contributed by atoms with van der Waals surface area (Å²) in [6, 6.07) is 3.42. The minimum atomic E-state index is -0.258. The van der Waals surface area contributed by atoms with E-state index in [4.69, 9.17) is 0 Å². The third kappa shape index (κ3) is 2.70. The summed E-state index contributed by atoms with van der Waals surface area (Å²) in [7, 11) is 0. The summed E-state index contributed by atoms with van der Waals surface area (Å²) in [5, 5.41) is 13.2. The van der Waals surface area contributed by atoms with Gasteiger partial charge in [0.1, 0.15) is 5.54 Å². The first-order valence-electron chi connectivity index (χ1n) is 7.67. The third-order valence-electron chi connectivity index (χ3n) is 4.67. The summed E-state index contributed by atoms with van der Waals surface area (Å²) in [4.78, 5) is 2.63. The topological polar surface area (TPSA) is 39.1 Å². The molecule has 3 heteroatoms. The monoisotopic (exact) mass is 247 g/mol. The maximum atomic E-state index is 9.68. The second-order valence-corrected chi connectivity index (χ2v) is 6.49. The number of likely N-dealkylation sites (N-methyl/N-ethyl adjacent to an activating group) is 1. The Morgan fingerprint density at radius 1 is 1.22 bits per heavy atom. The Balaban J connectivity index is 1.66. The van der Waals surface area contributed by atoms with Crippen molar-refractivity contribution < 1.29 is 0 Å². The van der Waals surface area contributed by atoms with Crippen molar-refractivity contribution in [2.45, 2.75) is 57.0 Å². The van der Waals surface area contributed by atoms with Crippen molar-refractivity contribution in [2.75, 3.05) is 19.6 Å². The quantitative estimate of drug-likeness (QED) is 0.714. The molecule has 0 aromatic heterocycles. The summed E-state index contributed by atoms with van der Waals surface area (Å²) in [6.45, 7) is 5.23. The number of nitrogens with zero attached hydrogens (tertiary/aromatic N) is 2. The molecule has 1 N–H and O–H groups in total. The van der Waals surface area contributed by atoms with Gasteiger partial charge >= 0.3 is 0 Å². The molecule has 100 valence electrons. The molecule has 3 rings (SSSR count). The van der Waals surface area contributed by atoms with Crippen LogP contribution in [0.25, 0.3) is 0 Å². The van der Waals surface area contributed by atoms with Crippen LogP contribution in [0.2, 0.25) is 0 Å². The Kier molecular flexibility index (Phi) is 3.34. The smallest absolute Gasteiger partial charge is 0.122 e. The van der Waals surface area contributed by atoms with E-state index in [-0.39, 0.29) is 5.54 Å². The van der Waals surface area contributed by atoms with Crippen molar-refractivity contribution in [3.05, 3.63) is 0 Å². The van der Waals surface area contributed by atoms with E-state index in [0.29, 0.717) is 5.92 Å². The Morgan fingerprint density at radius 2 is 1.94 bits per heavy atom. The van der Waals surface area contributed by atoms with E-state index in [1.165, 1.54) is 45.1 Å².